The van der Waals surface area contributed by atoms with Crippen LogP contribution in [0.2, 0.25) is 0 Å². The zero-order valence-corrected chi connectivity index (χ0v) is 21.0. The first-order valence-corrected chi connectivity index (χ1v) is 13.6. The van der Waals surface area contributed by atoms with Gasteiger partial charge >= 0.3 is 33.3 Å². The van der Waals surface area contributed by atoms with Crippen molar-refractivity contribution in [3.05, 3.63) is 81.5 Å². The number of hydrogen-bond donors (Lipinski definition) is 0. The molecule has 160 valence electrons. The van der Waals surface area contributed by atoms with Crippen LogP contribution < -0.4 is 0 Å². The number of hydrogen-bond acceptors (Lipinski definition) is 3. The van der Waals surface area contributed by atoms with Crippen molar-refractivity contribution in [2.24, 2.45) is 9.98 Å². The fourth-order valence-electron chi connectivity index (χ4n) is 2.84. The van der Waals surface area contributed by atoms with Crippen molar-refractivity contribution < 1.29 is 13.1 Å². The van der Waals surface area contributed by atoms with Crippen LogP contribution in [-0.4, -0.2) is 11.4 Å². The molecule has 6 heteroatoms. The van der Waals surface area contributed by atoms with Gasteiger partial charge in [-0.05, 0) is 74.2 Å². The zero-order chi connectivity index (χ0) is 21.9. The summed E-state index contributed by atoms with van der Waals surface area (Å²) >= 11 is 1.94. The molecule has 0 saturated heterocycles. The van der Waals surface area contributed by atoms with Crippen LogP contribution in [0.15, 0.2) is 70.6 Å². The second-order valence-corrected chi connectivity index (χ2v) is 9.56. The minimum atomic E-state index is 0.194. The molecule has 0 aliphatic heterocycles. The normalized spacial score (nSPS) is 11.9. The molecule has 1 aromatic heterocycles. The third-order valence-electron chi connectivity index (χ3n) is 4.60. The summed E-state index contributed by atoms with van der Waals surface area (Å²) in [6.07, 6.45) is 2.11. The van der Waals surface area contributed by atoms with Gasteiger partial charge in [0.05, 0.1) is 22.8 Å². The van der Waals surface area contributed by atoms with Gasteiger partial charge in [-0.25, -0.2) is 0 Å². The fourth-order valence-corrected chi connectivity index (χ4v) is 3.73. The Labute approximate surface area is 198 Å². The number of rotatable bonds is 6. The third-order valence-corrected chi connectivity index (χ3v) is 5.90. The van der Waals surface area contributed by atoms with Gasteiger partial charge in [0.15, 0.2) is 0 Å². The van der Waals surface area contributed by atoms with E-state index in [1.165, 1.54) is 20.9 Å². The summed E-state index contributed by atoms with van der Waals surface area (Å²) in [5.41, 5.74) is 6.75. The predicted octanol–water partition coefficient (Wildman–Crippen LogP) is 8.53. The molecule has 0 aliphatic carbocycles. The maximum absolute atomic E-state index is 4.77. The molecule has 3 aromatic rings. The van der Waals surface area contributed by atoms with E-state index in [4.69, 9.17) is 30.2 Å². The Kier molecular flexibility index (Phi) is 10.8. The Morgan fingerprint density at radius 1 is 0.700 bits per heavy atom. The van der Waals surface area contributed by atoms with Gasteiger partial charge in [0.1, 0.15) is 0 Å². The van der Waals surface area contributed by atoms with Gasteiger partial charge in [-0.3, -0.25) is 9.98 Å². The maximum atomic E-state index is 4.77. The first-order chi connectivity index (χ1) is 14.5. The molecule has 0 atom stereocenters. The van der Waals surface area contributed by atoms with Gasteiger partial charge in [-0.2, -0.15) is 0 Å². The van der Waals surface area contributed by atoms with Crippen molar-refractivity contribution in [3.63, 3.8) is 0 Å². The van der Waals surface area contributed by atoms with E-state index < -0.39 is 0 Å². The Morgan fingerprint density at radius 3 is 1.33 bits per heavy atom. The van der Waals surface area contributed by atoms with Crippen molar-refractivity contribution in [1.29, 1.82) is 0 Å². The third kappa shape index (κ3) is 7.68. The first kappa shape index (κ1) is 24.8. The van der Waals surface area contributed by atoms with Gasteiger partial charge in [-0.15, -0.1) is 11.3 Å². The summed E-state index contributed by atoms with van der Waals surface area (Å²) in [5.74, 6) is 0. The van der Waals surface area contributed by atoms with Crippen LogP contribution in [0, 0.1) is 0 Å². The van der Waals surface area contributed by atoms with Gasteiger partial charge in [0, 0.05) is 9.75 Å². The molecule has 1 heterocycles. The molecule has 0 radical (unpaired) electrons. The van der Waals surface area contributed by atoms with E-state index in [2.05, 4.69) is 88.4 Å². The number of nitrogens with zero attached hydrogens (tertiary/aromatic N) is 2. The van der Waals surface area contributed by atoms with Crippen LogP contribution in [0.1, 0.15) is 48.6 Å². The average Bonchev–Trinajstić information content (AvgIpc) is 3.26. The zero-order valence-electron chi connectivity index (χ0n) is 17.6. The van der Waals surface area contributed by atoms with Gasteiger partial charge < -0.3 is 0 Å². The van der Waals surface area contributed by atoms with Crippen LogP contribution in [-0.2, 0) is 26.0 Å². The van der Waals surface area contributed by atoms with Gasteiger partial charge in [0.25, 0.3) is 0 Å². The van der Waals surface area contributed by atoms with E-state index in [0.29, 0.717) is 0 Å². The van der Waals surface area contributed by atoms with E-state index in [1.54, 1.807) is 11.3 Å². The van der Waals surface area contributed by atoms with Crippen molar-refractivity contribution >= 4 is 54.3 Å². The Hall–Kier alpha value is -1.42. The minimum absolute atomic E-state index is 0.194. The Balaban J connectivity index is 0.00000101. The molecule has 0 unspecified atom stereocenters. The number of aryl methyl sites for hydroxylation is 2. The van der Waals surface area contributed by atoms with E-state index in [0.717, 1.165) is 35.6 Å². The molecular formula is C24H26Cl2FeN2S. The van der Waals surface area contributed by atoms with Crippen molar-refractivity contribution in [1.82, 2.24) is 0 Å². The summed E-state index contributed by atoms with van der Waals surface area (Å²) in [6, 6.07) is 21.2. The molecule has 0 fully saturated rings. The quantitative estimate of drug-likeness (QED) is 0.239. The molecule has 2 nitrogen and oxygen atoms in total. The molecule has 0 spiro atoms. The molecule has 0 N–H and O–H groups in total. The standard InChI is InChI=1S/C24H26N2S.2ClH.Fe/c1-5-19-7-11-21(12-8-19)25-17(3)23-15-16-24(27-23)18(4)26-22-13-9-20(6-2)10-14-22;;;/h7-16H,5-6H2,1-4H3;2*1H;/q;;;+2/p-2. The fraction of sp³-hybridized carbons (Fsp3) is 0.250. The number of aliphatic imine (C=N–C) groups is 2. The monoisotopic (exact) mass is 500 g/mol. The molecule has 30 heavy (non-hydrogen) atoms. The van der Waals surface area contributed by atoms with Crippen molar-refractivity contribution in [2.45, 2.75) is 40.5 Å². The first-order valence-electron chi connectivity index (χ1n) is 9.74. The Morgan fingerprint density at radius 2 is 1.03 bits per heavy atom. The predicted molar refractivity (Wildman–Crippen MR) is 131 cm³/mol. The van der Waals surface area contributed by atoms with Crippen molar-refractivity contribution in [2.75, 3.05) is 0 Å². The van der Waals surface area contributed by atoms with Crippen LogP contribution in [0.5, 0.6) is 0 Å². The van der Waals surface area contributed by atoms with Gasteiger partial charge in [0.2, 0.25) is 0 Å². The van der Waals surface area contributed by atoms with Crippen molar-refractivity contribution in [3.8, 4) is 0 Å². The van der Waals surface area contributed by atoms with E-state index in [1.807, 2.05) is 0 Å². The molecule has 0 saturated carbocycles. The topological polar surface area (TPSA) is 24.7 Å². The average molecular weight is 501 g/mol. The molecule has 0 bridgehead atoms. The molecule has 3 rings (SSSR count). The van der Waals surface area contributed by atoms with Crippen LogP contribution >= 0.6 is 31.5 Å². The van der Waals surface area contributed by atoms with Crippen LogP contribution in [0.3, 0.4) is 0 Å². The van der Waals surface area contributed by atoms with E-state index >= 15 is 0 Å². The van der Waals surface area contributed by atoms with Crippen LogP contribution in [0.4, 0.5) is 11.4 Å². The van der Waals surface area contributed by atoms with E-state index in [9.17, 15) is 0 Å². The van der Waals surface area contributed by atoms with Crippen LogP contribution in [0.25, 0.3) is 0 Å². The second kappa shape index (κ2) is 13.1. The summed E-state index contributed by atoms with van der Waals surface area (Å²) in [7, 11) is 9.53. The molecule has 0 amide bonds. The molecule has 0 aliphatic rings. The molecular weight excluding hydrogens is 475 g/mol. The SMILES string of the molecule is CCc1ccc(N=C(C)c2ccc(C(C)=Nc3ccc(CC)cc3)s2)cc1.[Cl][Fe][Cl]. The van der Waals surface area contributed by atoms with Gasteiger partial charge in [-0.1, -0.05) is 38.1 Å². The summed E-state index contributed by atoms with van der Waals surface area (Å²) in [5, 5.41) is 0. The summed E-state index contributed by atoms with van der Waals surface area (Å²) < 4.78 is 0. The number of halogens is 2. The van der Waals surface area contributed by atoms with E-state index in [-0.39, 0.29) is 13.1 Å². The molecule has 2 aromatic carbocycles. The number of thiophene rings is 1. The summed E-state index contributed by atoms with van der Waals surface area (Å²) in [4.78, 5) is 11.9. The second-order valence-electron chi connectivity index (χ2n) is 6.65. The number of benzene rings is 2. The Bertz CT molecular complexity index is 899. The summed E-state index contributed by atoms with van der Waals surface area (Å²) in [6.45, 7) is 8.47.